The zero-order valence-electron chi connectivity index (χ0n) is 14.8. The smallest absolute Gasteiger partial charge is 0.134 e. The van der Waals surface area contributed by atoms with Crippen LogP contribution in [0.2, 0.25) is 0 Å². The summed E-state index contributed by atoms with van der Waals surface area (Å²) in [4.78, 5) is 0. The second kappa shape index (κ2) is 11.2. The van der Waals surface area contributed by atoms with Gasteiger partial charge in [-0.2, -0.15) is 0 Å². The van der Waals surface area contributed by atoms with Gasteiger partial charge in [-0.25, -0.2) is 4.39 Å². The van der Waals surface area contributed by atoms with E-state index in [9.17, 15) is 4.39 Å². The van der Waals surface area contributed by atoms with E-state index in [4.69, 9.17) is 10.1 Å². The highest BCUT2D eigenvalue weighted by atomic mass is 19.1. The van der Waals surface area contributed by atoms with Gasteiger partial charge in [-0.1, -0.05) is 27.7 Å². The van der Waals surface area contributed by atoms with Crippen molar-refractivity contribution in [1.29, 1.82) is 5.41 Å². The lowest BCUT2D eigenvalue weighted by molar-refractivity contribution is 0.120. The van der Waals surface area contributed by atoms with Crippen LogP contribution in [0.25, 0.3) is 0 Å². The Morgan fingerprint density at radius 3 is 2.45 bits per heavy atom. The quantitative estimate of drug-likeness (QED) is 0.754. The van der Waals surface area contributed by atoms with Gasteiger partial charge >= 0.3 is 0 Å². The van der Waals surface area contributed by atoms with Crippen molar-refractivity contribution in [3.05, 3.63) is 29.1 Å². The average Bonchev–Trinajstić information content (AvgIpc) is 3.01. The molecular formula is C18H31FN2O. The maximum Gasteiger partial charge on any atom is 0.134 e. The van der Waals surface area contributed by atoms with Crippen LogP contribution in [0.4, 0.5) is 10.1 Å². The number of rotatable bonds is 4. The van der Waals surface area contributed by atoms with E-state index < -0.39 is 0 Å². The van der Waals surface area contributed by atoms with E-state index in [-0.39, 0.29) is 17.6 Å². The van der Waals surface area contributed by atoms with Crippen LogP contribution in [0.5, 0.6) is 0 Å². The van der Waals surface area contributed by atoms with E-state index in [2.05, 4.69) is 5.32 Å². The van der Waals surface area contributed by atoms with Gasteiger partial charge < -0.3 is 15.5 Å². The van der Waals surface area contributed by atoms with Crippen LogP contribution in [-0.4, -0.2) is 25.0 Å². The van der Waals surface area contributed by atoms with Crippen LogP contribution < -0.4 is 5.32 Å². The predicted molar refractivity (Wildman–Crippen MR) is 93.8 cm³/mol. The number of hydrogen-bond acceptors (Lipinski definition) is 3. The number of nitrogens with one attached hydrogen (secondary N) is 2. The van der Waals surface area contributed by atoms with Crippen molar-refractivity contribution >= 4 is 11.4 Å². The lowest BCUT2D eigenvalue weighted by Gasteiger charge is -2.16. The van der Waals surface area contributed by atoms with Crippen LogP contribution in [0.15, 0.2) is 12.1 Å². The van der Waals surface area contributed by atoms with E-state index in [0.717, 1.165) is 25.0 Å². The minimum Gasteiger partial charge on any atom is -0.382 e. The molecule has 0 spiro atoms. The highest BCUT2D eigenvalue weighted by molar-refractivity contribution is 6.01. The summed E-state index contributed by atoms with van der Waals surface area (Å²) in [6.45, 7) is 12.9. The van der Waals surface area contributed by atoms with Gasteiger partial charge in [-0.15, -0.1) is 0 Å². The molecule has 1 aliphatic heterocycles. The third-order valence-electron chi connectivity index (χ3n) is 3.15. The molecule has 1 fully saturated rings. The van der Waals surface area contributed by atoms with E-state index >= 15 is 0 Å². The Bertz CT molecular complexity index is 455. The number of ether oxygens (including phenoxy) is 1. The summed E-state index contributed by atoms with van der Waals surface area (Å²) in [5.74, 6) is -0.336. The van der Waals surface area contributed by atoms with Crippen molar-refractivity contribution in [2.45, 2.75) is 60.5 Å². The molecule has 0 aromatic heterocycles. The fraction of sp³-hybridized carbons (Fsp3) is 0.611. The van der Waals surface area contributed by atoms with Gasteiger partial charge in [0.25, 0.3) is 0 Å². The Balaban J connectivity index is 0.00000102. The number of benzene rings is 1. The molecule has 4 heteroatoms. The highest BCUT2D eigenvalue weighted by Gasteiger charge is 2.17. The fourth-order valence-corrected chi connectivity index (χ4v) is 2.29. The summed E-state index contributed by atoms with van der Waals surface area (Å²) >= 11 is 0. The molecule has 0 bridgehead atoms. The lowest BCUT2D eigenvalue weighted by Crippen LogP contribution is -2.20. The third-order valence-corrected chi connectivity index (χ3v) is 3.15. The minimum atomic E-state index is -0.336. The Labute approximate surface area is 134 Å². The Morgan fingerprint density at radius 1 is 1.32 bits per heavy atom. The number of anilines is 1. The lowest BCUT2D eigenvalue weighted by atomic mass is 10.0. The molecule has 3 nitrogen and oxygen atoms in total. The molecule has 1 atom stereocenters. The molecule has 0 aliphatic carbocycles. The zero-order valence-corrected chi connectivity index (χ0v) is 14.8. The van der Waals surface area contributed by atoms with Crippen molar-refractivity contribution in [1.82, 2.24) is 0 Å². The van der Waals surface area contributed by atoms with Crippen LogP contribution in [0.3, 0.4) is 0 Å². The standard InChI is InChI=1S/C14H19FN2O.2C2H6/c1-9-6-12(15)14(10(2)16)13(7-9)17-8-11-4-3-5-18-11;2*1-2/h6-7,11,16-17H,3-5,8H2,1-2H3;2*1-2H3. The van der Waals surface area contributed by atoms with Crippen molar-refractivity contribution < 1.29 is 9.13 Å². The third kappa shape index (κ3) is 6.14. The summed E-state index contributed by atoms with van der Waals surface area (Å²) in [6.07, 6.45) is 2.33. The van der Waals surface area contributed by atoms with Crippen molar-refractivity contribution in [3.8, 4) is 0 Å². The summed E-state index contributed by atoms with van der Waals surface area (Å²) in [7, 11) is 0. The van der Waals surface area contributed by atoms with Crippen LogP contribution >= 0.6 is 0 Å². The molecule has 1 aromatic carbocycles. The molecule has 0 saturated carbocycles. The molecular weight excluding hydrogens is 279 g/mol. The molecule has 2 rings (SSSR count). The fourth-order valence-electron chi connectivity index (χ4n) is 2.29. The molecule has 1 aromatic rings. The molecule has 22 heavy (non-hydrogen) atoms. The molecule has 1 heterocycles. The molecule has 0 radical (unpaired) electrons. The largest absolute Gasteiger partial charge is 0.382 e. The Hall–Kier alpha value is -1.42. The Morgan fingerprint density at radius 2 is 1.95 bits per heavy atom. The van der Waals surface area contributed by atoms with Gasteiger partial charge in [0.1, 0.15) is 5.82 Å². The van der Waals surface area contributed by atoms with Crippen LogP contribution in [0.1, 0.15) is 58.6 Å². The van der Waals surface area contributed by atoms with Crippen molar-refractivity contribution in [3.63, 3.8) is 0 Å². The molecule has 1 saturated heterocycles. The van der Waals surface area contributed by atoms with E-state index in [1.807, 2.05) is 40.7 Å². The second-order valence-corrected chi connectivity index (χ2v) is 4.81. The summed E-state index contributed by atoms with van der Waals surface area (Å²) < 4.78 is 19.4. The van der Waals surface area contributed by atoms with Crippen molar-refractivity contribution in [2.24, 2.45) is 0 Å². The monoisotopic (exact) mass is 310 g/mol. The molecule has 126 valence electrons. The normalized spacial score (nSPS) is 16.0. The van der Waals surface area contributed by atoms with E-state index in [0.29, 0.717) is 17.8 Å². The van der Waals surface area contributed by atoms with Crippen molar-refractivity contribution in [2.75, 3.05) is 18.5 Å². The topological polar surface area (TPSA) is 45.1 Å². The summed E-state index contributed by atoms with van der Waals surface area (Å²) in [6, 6.07) is 3.34. The van der Waals surface area contributed by atoms with Gasteiger partial charge in [0, 0.05) is 24.6 Å². The number of hydrogen-bond donors (Lipinski definition) is 2. The number of halogens is 1. The van der Waals surface area contributed by atoms with E-state index in [1.54, 1.807) is 6.92 Å². The second-order valence-electron chi connectivity index (χ2n) is 4.81. The molecule has 0 amide bonds. The van der Waals surface area contributed by atoms with Gasteiger partial charge in [0.2, 0.25) is 0 Å². The first-order chi connectivity index (χ1) is 10.6. The molecule has 1 unspecified atom stereocenters. The maximum absolute atomic E-state index is 13.9. The highest BCUT2D eigenvalue weighted by Crippen LogP contribution is 2.23. The van der Waals surface area contributed by atoms with Gasteiger partial charge in [0.15, 0.2) is 0 Å². The predicted octanol–water partition coefficient (Wildman–Crippen LogP) is 5.17. The summed E-state index contributed by atoms with van der Waals surface area (Å²) in [5, 5.41) is 10.9. The van der Waals surface area contributed by atoms with Crippen LogP contribution in [0, 0.1) is 18.2 Å². The maximum atomic E-state index is 13.9. The first-order valence-electron chi connectivity index (χ1n) is 8.29. The SMILES string of the molecule is CC.CC.CC(=N)c1c(F)cc(C)cc1NCC1CCCO1. The first-order valence-corrected chi connectivity index (χ1v) is 8.29. The Kier molecular flexibility index (Phi) is 10.5. The zero-order chi connectivity index (χ0) is 17.1. The van der Waals surface area contributed by atoms with E-state index in [1.165, 1.54) is 6.07 Å². The molecule has 1 aliphatic rings. The van der Waals surface area contributed by atoms with Gasteiger partial charge in [-0.3, -0.25) is 0 Å². The minimum absolute atomic E-state index is 0.201. The first kappa shape index (κ1) is 20.6. The molecule has 2 N–H and O–H groups in total. The number of aryl methyl sites for hydroxylation is 1. The average molecular weight is 310 g/mol. The van der Waals surface area contributed by atoms with Gasteiger partial charge in [-0.05, 0) is 44.4 Å². The van der Waals surface area contributed by atoms with Gasteiger partial charge in [0.05, 0.1) is 11.7 Å². The van der Waals surface area contributed by atoms with Crippen LogP contribution in [-0.2, 0) is 4.74 Å². The summed E-state index contributed by atoms with van der Waals surface area (Å²) in [5.41, 5.74) is 2.14.